The van der Waals surface area contributed by atoms with Crippen LogP contribution in [0.25, 0.3) is 0 Å². The number of nitrogens with one attached hydrogen (secondary N) is 1. The lowest BCUT2D eigenvalue weighted by atomic mass is 10.1. The molecule has 0 bridgehead atoms. The number of nitrogens with zero attached hydrogens (tertiary/aromatic N) is 1. The third-order valence-corrected chi connectivity index (χ3v) is 3.35. The smallest absolute Gasteiger partial charge is 0.323 e. The molecule has 118 valence electrons. The van der Waals surface area contributed by atoms with Gasteiger partial charge in [-0.2, -0.15) is 0 Å². The summed E-state index contributed by atoms with van der Waals surface area (Å²) in [4.78, 5) is 14.6. The number of esters is 1. The summed E-state index contributed by atoms with van der Waals surface area (Å²) in [5.74, 6) is -0.186. The summed E-state index contributed by atoms with van der Waals surface area (Å²) in [6.07, 6.45) is 3.94. The van der Waals surface area contributed by atoms with Gasteiger partial charge in [-0.05, 0) is 66.1 Å². The fourth-order valence-corrected chi connectivity index (χ4v) is 2.35. The fourth-order valence-electron chi connectivity index (χ4n) is 2.35. The van der Waals surface area contributed by atoms with E-state index >= 15 is 0 Å². The van der Waals surface area contributed by atoms with E-state index in [4.69, 9.17) is 9.84 Å². The number of carbonyl (C=O) groups is 1. The van der Waals surface area contributed by atoms with E-state index in [1.807, 2.05) is 20.8 Å². The van der Waals surface area contributed by atoms with Crippen LogP contribution in [-0.2, 0) is 9.53 Å². The van der Waals surface area contributed by atoms with Gasteiger partial charge in [-0.3, -0.25) is 4.79 Å². The zero-order chi connectivity index (χ0) is 15.0. The molecule has 1 aliphatic heterocycles. The van der Waals surface area contributed by atoms with Gasteiger partial charge in [-0.25, -0.2) is 0 Å². The van der Waals surface area contributed by atoms with Gasteiger partial charge in [-0.1, -0.05) is 0 Å². The van der Waals surface area contributed by atoms with Gasteiger partial charge in [0, 0.05) is 13.2 Å². The molecule has 2 N–H and O–H groups in total. The van der Waals surface area contributed by atoms with Crippen molar-refractivity contribution in [3.63, 3.8) is 0 Å². The molecule has 0 amide bonds. The number of hydrogen-bond acceptors (Lipinski definition) is 5. The highest BCUT2D eigenvalue weighted by molar-refractivity contribution is 5.76. The van der Waals surface area contributed by atoms with Crippen molar-refractivity contribution in [3.8, 4) is 0 Å². The molecule has 0 spiro atoms. The quantitative estimate of drug-likeness (QED) is 0.518. The first-order chi connectivity index (χ1) is 9.42. The first-order valence-corrected chi connectivity index (χ1v) is 7.72. The first kappa shape index (κ1) is 17.4. The Labute approximate surface area is 122 Å². The van der Waals surface area contributed by atoms with Crippen LogP contribution in [0.1, 0.15) is 46.5 Å². The van der Waals surface area contributed by atoms with Gasteiger partial charge in [-0.15, -0.1) is 0 Å². The predicted octanol–water partition coefficient (Wildman–Crippen LogP) is 1.15. The van der Waals surface area contributed by atoms with Gasteiger partial charge in [0.1, 0.15) is 11.6 Å². The summed E-state index contributed by atoms with van der Waals surface area (Å²) in [5, 5.41) is 12.0. The molecular weight excluding hydrogens is 256 g/mol. The Morgan fingerprint density at radius 1 is 1.35 bits per heavy atom. The first-order valence-electron chi connectivity index (χ1n) is 7.72. The monoisotopic (exact) mass is 286 g/mol. The van der Waals surface area contributed by atoms with Crippen LogP contribution >= 0.6 is 0 Å². The fraction of sp³-hybridized carbons (Fsp3) is 0.933. The van der Waals surface area contributed by atoms with E-state index in [1.165, 1.54) is 12.8 Å². The lowest BCUT2D eigenvalue weighted by Crippen LogP contribution is -2.43. The Balaban J connectivity index is 2.42. The normalized spacial score (nSPS) is 18.2. The topological polar surface area (TPSA) is 61.8 Å². The molecule has 0 aromatic carbocycles. The van der Waals surface area contributed by atoms with Crippen molar-refractivity contribution in [2.24, 2.45) is 0 Å². The van der Waals surface area contributed by atoms with Crippen LogP contribution in [0.2, 0.25) is 0 Å². The van der Waals surface area contributed by atoms with E-state index in [1.54, 1.807) is 0 Å². The minimum absolute atomic E-state index is 0.139. The van der Waals surface area contributed by atoms with Gasteiger partial charge in [0.25, 0.3) is 0 Å². The summed E-state index contributed by atoms with van der Waals surface area (Å²) < 4.78 is 5.46. The average molecular weight is 286 g/mol. The molecular formula is C15H30N2O3. The summed E-state index contributed by atoms with van der Waals surface area (Å²) in [7, 11) is 0. The van der Waals surface area contributed by atoms with Crippen molar-refractivity contribution in [2.75, 3.05) is 32.8 Å². The molecule has 0 saturated carbocycles. The Morgan fingerprint density at radius 3 is 2.55 bits per heavy atom. The van der Waals surface area contributed by atoms with Gasteiger partial charge in [0.05, 0.1) is 0 Å². The van der Waals surface area contributed by atoms with Crippen molar-refractivity contribution >= 4 is 5.97 Å². The number of rotatable bonds is 8. The molecule has 20 heavy (non-hydrogen) atoms. The maximum absolute atomic E-state index is 12.2. The highest BCUT2D eigenvalue weighted by atomic mass is 16.6. The van der Waals surface area contributed by atoms with Gasteiger partial charge in [0.2, 0.25) is 0 Å². The van der Waals surface area contributed by atoms with Crippen LogP contribution < -0.4 is 5.32 Å². The zero-order valence-electron chi connectivity index (χ0n) is 13.2. The Bertz CT molecular complexity index is 283. The van der Waals surface area contributed by atoms with E-state index < -0.39 is 5.60 Å². The second-order valence-electron chi connectivity index (χ2n) is 6.45. The largest absolute Gasteiger partial charge is 0.459 e. The van der Waals surface area contributed by atoms with Crippen LogP contribution in [0.3, 0.4) is 0 Å². The third-order valence-electron chi connectivity index (χ3n) is 3.35. The Morgan fingerprint density at radius 2 is 2.00 bits per heavy atom. The molecule has 5 nitrogen and oxygen atoms in total. The van der Waals surface area contributed by atoms with E-state index in [9.17, 15) is 4.79 Å². The van der Waals surface area contributed by atoms with E-state index in [0.717, 1.165) is 26.1 Å². The van der Waals surface area contributed by atoms with Crippen molar-refractivity contribution in [1.82, 2.24) is 10.2 Å². The van der Waals surface area contributed by atoms with Gasteiger partial charge < -0.3 is 20.1 Å². The van der Waals surface area contributed by atoms with Crippen molar-refractivity contribution in [3.05, 3.63) is 0 Å². The van der Waals surface area contributed by atoms with Crippen LogP contribution in [0.5, 0.6) is 0 Å². The lowest BCUT2D eigenvalue weighted by Gasteiger charge is -2.26. The standard InChI is InChI=1S/C15H30N2O3/c1-15(2,3)20-14(19)13(16-8-6-12-18)7-11-17-9-4-5-10-17/h13,16,18H,4-12H2,1-3H3/t13-/m0/s1. The number of aliphatic hydroxyl groups is 1. The maximum Gasteiger partial charge on any atom is 0.323 e. The predicted molar refractivity (Wildman–Crippen MR) is 79.6 cm³/mol. The highest BCUT2D eigenvalue weighted by Crippen LogP contribution is 2.12. The van der Waals surface area contributed by atoms with E-state index in [-0.39, 0.29) is 18.6 Å². The summed E-state index contributed by atoms with van der Waals surface area (Å²) in [6.45, 7) is 9.63. The number of aliphatic hydroxyl groups excluding tert-OH is 1. The van der Waals surface area contributed by atoms with E-state index in [0.29, 0.717) is 13.0 Å². The summed E-state index contributed by atoms with van der Waals surface area (Å²) in [5.41, 5.74) is -0.457. The molecule has 0 unspecified atom stereocenters. The summed E-state index contributed by atoms with van der Waals surface area (Å²) >= 11 is 0. The minimum Gasteiger partial charge on any atom is -0.459 e. The average Bonchev–Trinajstić information content (AvgIpc) is 2.84. The zero-order valence-corrected chi connectivity index (χ0v) is 13.2. The molecule has 0 aromatic rings. The molecule has 0 radical (unpaired) electrons. The molecule has 1 rings (SSSR count). The van der Waals surface area contributed by atoms with Gasteiger partial charge >= 0.3 is 5.97 Å². The molecule has 0 aromatic heterocycles. The number of hydrogen-bond donors (Lipinski definition) is 2. The summed E-state index contributed by atoms with van der Waals surface area (Å²) in [6, 6.07) is -0.277. The van der Waals surface area contributed by atoms with Crippen molar-refractivity contribution in [2.45, 2.75) is 58.1 Å². The van der Waals surface area contributed by atoms with E-state index in [2.05, 4.69) is 10.2 Å². The molecule has 1 atom stereocenters. The van der Waals surface area contributed by atoms with Crippen LogP contribution in [0.15, 0.2) is 0 Å². The molecule has 1 saturated heterocycles. The highest BCUT2D eigenvalue weighted by Gasteiger charge is 2.25. The third kappa shape index (κ3) is 7.22. The van der Waals surface area contributed by atoms with Crippen LogP contribution in [-0.4, -0.2) is 60.4 Å². The Kier molecular flexibility index (Phi) is 7.48. The molecule has 0 aliphatic carbocycles. The number of likely N-dealkylation sites (tertiary alicyclic amines) is 1. The van der Waals surface area contributed by atoms with Crippen LogP contribution in [0.4, 0.5) is 0 Å². The second-order valence-corrected chi connectivity index (χ2v) is 6.45. The maximum atomic E-state index is 12.2. The SMILES string of the molecule is CC(C)(C)OC(=O)[C@H](CCN1CCCC1)NCCCO. The van der Waals surface area contributed by atoms with Crippen molar-refractivity contribution < 1.29 is 14.6 Å². The number of ether oxygens (including phenoxy) is 1. The lowest BCUT2D eigenvalue weighted by molar-refractivity contribution is -0.157. The molecule has 5 heteroatoms. The molecule has 1 aliphatic rings. The number of carbonyl (C=O) groups excluding carboxylic acids is 1. The van der Waals surface area contributed by atoms with Crippen molar-refractivity contribution in [1.29, 1.82) is 0 Å². The van der Waals surface area contributed by atoms with Gasteiger partial charge in [0.15, 0.2) is 0 Å². The molecule has 1 fully saturated rings. The van der Waals surface area contributed by atoms with Crippen LogP contribution in [0, 0.1) is 0 Å². The second kappa shape index (κ2) is 8.60. The Hall–Kier alpha value is -0.650. The minimum atomic E-state index is -0.457. The molecule has 1 heterocycles.